The third-order valence-electron chi connectivity index (χ3n) is 3.52. The van der Waals surface area contributed by atoms with Crippen LogP contribution >= 0.6 is 12.2 Å². The van der Waals surface area contributed by atoms with Crippen molar-refractivity contribution in [3.05, 3.63) is 41.7 Å². The molecule has 2 rings (SSSR count). The SMILES string of the molecule is CC(=S)OCCCCCc1ccc(S(=O)(=O)Nc2cc(C)on2)cc1. The van der Waals surface area contributed by atoms with E-state index < -0.39 is 10.0 Å². The Bertz CT molecular complexity index is 798. The van der Waals surface area contributed by atoms with E-state index in [2.05, 4.69) is 9.88 Å². The molecule has 0 saturated heterocycles. The second-order valence-electron chi connectivity index (χ2n) is 5.72. The Morgan fingerprint density at radius 2 is 1.96 bits per heavy atom. The van der Waals surface area contributed by atoms with Crippen LogP contribution in [0.2, 0.25) is 0 Å². The van der Waals surface area contributed by atoms with Gasteiger partial charge < -0.3 is 9.26 Å². The monoisotopic (exact) mass is 382 g/mol. The number of ether oxygens (including phenoxy) is 1. The van der Waals surface area contributed by atoms with Crippen molar-refractivity contribution in [3.63, 3.8) is 0 Å². The van der Waals surface area contributed by atoms with Crippen LogP contribution in [-0.2, 0) is 21.2 Å². The van der Waals surface area contributed by atoms with E-state index in [0.29, 0.717) is 17.4 Å². The minimum atomic E-state index is -3.66. The van der Waals surface area contributed by atoms with Gasteiger partial charge in [-0.3, -0.25) is 4.72 Å². The lowest BCUT2D eigenvalue weighted by molar-refractivity contribution is 0.298. The number of anilines is 1. The van der Waals surface area contributed by atoms with E-state index in [4.69, 9.17) is 21.5 Å². The van der Waals surface area contributed by atoms with E-state index in [1.165, 1.54) is 6.07 Å². The second kappa shape index (κ2) is 8.96. The molecule has 2 aromatic rings. The average molecular weight is 383 g/mol. The first kappa shape index (κ1) is 19.4. The molecule has 1 aromatic heterocycles. The quantitative estimate of drug-likeness (QED) is 0.524. The minimum Gasteiger partial charge on any atom is -0.487 e. The van der Waals surface area contributed by atoms with Crippen molar-refractivity contribution in [1.82, 2.24) is 5.16 Å². The Morgan fingerprint density at radius 3 is 2.56 bits per heavy atom. The van der Waals surface area contributed by atoms with E-state index in [0.717, 1.165) is 31.2 Å². The van der Waals surface area contributed by atoms with Gasteiger partial charge in [0.05, 0.1) is 11.5 Å². The molecule has 0 radical (unpaired) electrons. The van der Waals surface area contributed by atoms with Crippen molar-refractivity contribution in [1.29, 1.82) is 0 Å². The van der Waals surface area contributed by atoms with Gasteiger partial charge in [-0.05, 0) is 62.5 Å². The summed E-state index contributed by atoms with van der Waals surface area (Å²) in [7, 11) is -3.66. The van der Waals surface area contributed by atoms with Crippen LogP contribution in [0.4, 0.5) is 5.82 Å². The Balaban J connectivity index is 1.83. The number of unbranched alkanes of at least 4 members (excludes halogenated alkanes) is 2. The summed E-state index contributed by atoms with van der Waals surface area (Å²) in [5.41, 5.74) is 1.10. The fourth-order valence-electron chi connectivity index (χ4n) is 2.27. The topological polar surface area (TPSA) is 81.4 Å². The van der Waals surface area contributed by atoms with Crippen LogP contribution in [0.3, 0.4) is 0 Å². The Labute approximate surface area is 153 Å². The molecule has 0 amide bonds. The summed E-state index contributed by atoms with van der Waals surface area (Å²) in [5, 5.41) is 4.21. The summed E-state index contributed by atoms with van der Waals surface area (Å²) in [6.45, 7) is 4.12. The van der Waals surface area contributed by atoms with Gasteiger partial charge in [0, 0.05) is 13.0 Å². The molecule has 0 aliphatic carbocycles. The highest BCUT2D eigenvalue weighted by Crippen LogP contribution is 2.17. The van der Waals surface area contributed by atoms with Crippen molar-refractivity contribution >= 4 is 33.1 Å². The van der Waals surface area contributed by atoms with Gasteiger partial charge in [0.1, 0.15) is 5.76 Å². The molecule has 1 aromatic carbocycles. The molecular weight excluding hydrogens is 360 g/mol. The molecule has 1 N–H and O–H groups in total. The smallest absolute Gasteiger partial charge is 0.263 e. The summed E-state index contributed by atoms with van der Waals surface area (Å²) in [5.74, 6) is 0.717. The first-order valence-electron chi connectivity index (χ1n) is 8.05. The molecule has 8 heteroatoms. The largest absolute Gasteiger partial charge is 0.487 e. The number of thiocarbonyl (C=S) groups is 1. The van der Waals surface area contributed by atoms with Gasteiger partial charge in [0.2, 0.25) is 0 Å². The van der Waals surface area contributed by atoms with Crippen LogP contribution in [0, 0.1) is 6.92 Å². The van der Waals surface area contributed by atoms with Gasteiger partial charge in [0.15, 0.2) is 10.9 Å². The average Bonchev–Trinajstić information content (AvgIpc) is 2.95. The lowest BCUT2D eigenvalue weighted by atomic mass is 10.1. The number of aryl methyl sites for hydroxylation is 2. The molecular formula is C17H22N2O4S2. The zero-order chi connectivity index (χ0) is 18.3. The van der Waals surface area contributed by atoms with Crippen molar-refractivity contribution < 1.29 is 17.7 Å². The van der Waals surface area contributed by atoms with Crippen molar-refractivity contribution in [3.8, 4) is 0 Å². The number of hydrogen-bond acceptors (Lipinski definition) is 6. The van der Waals surface area contributed by atoms with Crippen LogP contribution < -0.4 is 4.72 Å². The molecule has 0 atom stereocenters. The normalized spacial score (nSPS) is 11.3. The van der Waals surface area contributed by atoms with E-state index in [1.54, 1.807) is 26.0 Å². The van der Waals surface area contributed by atoms with Gasteiger partial charge >= 0.3 is 0 Å². The van der Waals surface area contributed by atoms with Gasteiger partial charge in [-0.2, -0.15) is 0 Å². The highest BCUT2D eigenvalue weighted by atomic mass is 32.2. The molecule has 1 heterocycles. The standard InChI is InChI=1S/C17H22N2O4S2/c1-13-12-17(18-23-13)19-25(20,21)16-9-7-15(8-10-16)6-4-3-5-11-22-14(2)24/h7-10,12H,3-6,11H2,1-2H3,(H,18,19). The molecule has 0 bridgehead atoms. The van der Waals surface area contributed by atoms with Crippen molar-refractivity contribution in [2.24, 2.45) is 0 Å². The lowest BCUT2D eigenvalue weighted by Gasteiger charge is -2.07. The zero-order valence-electron chi connectivity index (χ0n) is 14.3. The molecule has 0 fully saturated rings. The maximum Gasteiger partial charge on any atom is 0.263 e. The van der Waals surface area contributed by atoms with Crippen LogP contribution in [0.1, 0.15) is 37.5 Å². The van der Waals surface area contributed by atoms with E-state index in [1.807, 2.05) is 12.1 Å². The number of aromatic nitrogens is 1. The third-order valence-corrected chi connectivity index (χ3v) is 5.00. The molecule has 0 saturated carbocycles. The molecule has 0 aliphatic rings. The predicted octanol–water partition coefficient (Wildman–Crippen LogP) is 3.86. The minimum absolute atomic E-state index is 0.176. The van der Waals surface area contributed by atoms with E-state index in [9.17, 15) is 8.42 Å². The van der Waals surface area contributed by atoms with Gasteiger partial charge in [0.25, 0.3) is 10.0 Å². The fourth-order valence-corrected chi connectivity index (χ4v) is 3.34. The summed E-state index contributed by atoms with van der Waals surface area (Å²) >= 11 is 4.85. The van der Waals surface area contributed by atoms with Gasteiger partial charge in [-0.15, -0.1) is 0 Å². The Hall–Kier alpha value is -1.93. The summed E-state index contributed by atoms with van der Waals surface area (Å²) in [4.78, 5) is 0.196. The molecule has 0 spiro atoms. The number of nitrogens with zero attached hydrogens (tertiary/aromatic N) is 1. The highest BCUT2D eigenvalue weighted by molar-refractivity contribution is 7.92. The summed E-state index contributed by atoms with van der Waals surface area (Å²) in [6.07, 6.45) is 3.91. The fraction of sp³-hybridized carbons (Fsp3) is 0.412. The van der Waals surface area contributed by atoms with E-state index in [-0.39, 0.29) is 10.7 Å². The molecule has 136 valence electrons. The molecule has 0 aliphatic heterocycles. The third kappa shape index (κ3) is 6.47. The number of rotatable bonds is 9. The first-order valence-corrected chi connectivity index (χ1v) is 9.94. The van der Waals surface area contributed by atoms with Crippen LogP contribution in [0.25, 0.3) is 0 Å². The predicted molar refractivity (Wildman–Crippen MR) is 100 cm³/mol. The van der Waals surface area contributed by atoms with Gasteiger partial charge in [-0.25, -0.2) is 8.42 Å². The number of nitrogens with one attached hydrogen (secondary N) is 1. The Morgan fingerprint density at radius 1 is 1.24 bits per heavy atom. The maximum atomic E-state index is 12.3. The lowest BCUT2D eigenvalue weighted by Crippen LogP contribution is -2.13. The van der Waals surface area contributed by atoms with Crippen LogP contribution in [0.5, 0.6) is 0 Å². The second-order valence-corrected chi connectivity index (χ2v) is 7.98. The Kier molecular flexibility index (Phi) is 6.95. The zero-order valence-corrected chi connectivity index (χ0v) is 16.0. The first-order chi connectivity index (χ1) is 11.9. The molecule has 0 unspecified atom stereocenters. The van der Waals surface area contributed by atoms with Crippen LogP contribution in [0.15, 0.2) is 39.8 Å². The van der Waals surface area contributed by atoms with Gasteiger partial charge in [-0.1, -0.05) is 17.3 Å². The number of benzene rings is 1. The summed E-state index contributed by atoms with van der Waals surface area (Å²) in [6, 6.07) is 8.40. The van der Waals surface area contributed by atoms with Crippen LogP contribution in [-0.4, -0.2) is 25.2 Å². The maximum absolute atomic E-state index is 12.3. The molecule has 6 nitrogen and oxygen atoms in total. The van der Waals surface area contributed by atoms with Crippen molar-refractivity contribution in [2.45, 2.75) is 44.4 Å². The number of sulfonamides is 1. The van der Waals surface area contributed by atoms with E-state index >= 15 is 0 Å². The summed E-state index contributed by atoms with van der Waals surface area (Å²) < 4.78 is 37.1. The highest BCUT2D eigenvalue weighted by Gasteiger charge is 2.16. The van der Waals surface area contributed by atoms with Crippen molar-refractivity contribution in [2.75, 3.05) is 11.3 Å². The molecule has 25 heavy (non-hydrogen) atoms. The number of hydrogen-bond donors (Lipinski definition) is 1.